The Labute approximate surface area is 189 Å². The van der Waals surface area contributed by atoms with E-state index in [0.717, 1.165) is 16.9 Å². The molecule has 0 fully saturated rings. The van der Waals surface area contributed by atoms with E-state index in [0.29, 0.717) is 25.3 Å². The molecule has 2 N–H and O–H groups in total. The van der Waals surface area contributed by atoms with Gasteiger partial charge in [0.1, 0.15) is 0 Å². The highest BCUT2D eigenvalue weighted by atomic mass is 32.2. The molecule has 31 heavy (non-hydrogen) atoms. The summed E-state index contributed by atoms with van der Waals surface area (Å²) in [7, 11) is 0. The molecule has 0 saturated heterocycles. The van der Waals surface area contributed by atoms with Crippen LogP contribution in [-0.4, -0.2) is 35.9 Å². The van der Waals surface area contributed by atoms with Gasteiger partial charge in [0.2, 0.25) is 5.91 Å². The molecule has 2 rings (SSSR count). The van der Waals surface area contributed by atoms with Gasteiger partial charge in [-0.05, 0) is 50.5 Å². The van der Waals surface area contributed by atoms with Crippen LogP contribution in [0, 0.1) is 13.8 Å². The summed E-state index contributed by atoms with van der Waals surface area (Å²) in [5.41, 5.74) is 5.35. The molecule has 1 atom stereocenters. The Morgan fingerprint density at radius 1 is 1.10 bits per heavy atom. The van der Waals surface area contributed by atoms with Crippen molar-refractivity contribution in [2.75, 3.05) is 17.7 Å². The summed E-state index contributed by atoms with van der Waals surface area (Å²) in [5.74, 6) is 0.499. The van der Waals surface area contributed by atoms with E-state index >= 15 is 0 Å². The number of aryl methyl sites for hydroxylation is 2. The van der Waals surface area contributed by atoms with Crippen molar-refractivity contribution in [1.82, 2.24) is 5.32 Å². The molecule has 0 aliphatic carbocycles. The third-order valence-electron chi connectivity index (χ3n) is 4.27. The Bertz CT molecular complexity index is 850. The normalized spacial score (nSPS) is 10.9. The Hall–Kier alpha value is -2.80. The van der Waals surface area contributed by atoms with E-state index in [1.54, 1.807) is 6.92 Å². The monoisotopic (exact) mass is 444 g/mol. The third kappa shape index (κ3) is 10.2. The van der Waals surface area contributed by atoms with E-state index < -0.39 is 0 Å². The average molecular weight is 445 g/mol. The molecule has 6 nitrogen and oxygen atoms in total. The molecule has 168 valence electrons. The Balaban J connectivity index is 0.000000861. The van der Waals surface area contributed by atoms with Gasteiger partial charge in [0.15, 0.2) is 5.12 Å². The molecule has 0 heterocycles. The molecule has 0 spiro atoms. The average Bonchev–Trinajstić information content (AvgIpc) is 2.71. The second-order valence-electron chi connectivity index (χ2n) is 7.06. The van der Waals surface area contributed by atoms with Crippen LogP contribution in [-0.2, 0) is 25.5 Å². The number of rotatable bonds is 9. The summed E-state index contributed by atoms with van der Waals surface area (Å²) < 4.78 is 4.15. The smallest absolute Gasteiger partial charge is 0.293 e. The first kappa shape index (κ1) is 26.2. The van der Waals surface area contributed by atoms with E-state index in [2.05, 4.69) is 41.4 Å². The van der Waals surface area contributed by atoms with Crippen molar-refractivity contribution >= 4 is 40.6 Å². The van der Waals surface area contributed by atoms with Gasteiger partial charge in [-0.2, -0.15) is 0 Å². The van der Waals surface area contributed by atoms with Gasteiger partial charge in [-0.3, -0.25) is 14.4 Å². The van der Waals surface area contributed by atoms with Gasteiger partial charge in [0, 0.05) is 36.5 Å². The van der Waals surface area contributed by atoms with Crippen molar-refractivity contribution in [3.8, 4) is 0 Å². The Morgan fingerprint density at radius 2 is 1.74 bits per heavy atom. The van der Waals surface area contributed by atoms with E-state index in [1.807, 2.05) is 37.3 Å². The Morgan fingerprint density at radius 3 is 2.29 bits per heavy atom. The Kier molecular flexibility index (Phi) is 12.1. The van der Waals surface area contributed by atoms with Crippen molar-refractivity contribution in [3.63, 3.8) is 0 Å². The zero-order valence-corrected chi connectivity index (χ0v) is 19.7. The van der Waals surface area contributed by atoms with Crippen LogP contribution >= 0.6 is 11.8 Å². The van der Waals surface area contributed by atoms with Crippen molar-refractivity contribution < 1.29 is 19.1 Å². The van der Waals surface area contributed by atoms with Crippen LogP contribution in [0.15, 0.2) is 42.5 Å². The molecule has 1 unspecified atom stereocenters. The number of hydrogen-bond donors (Lipinski definition) is 2. The second-order valence-corrected chi connectivity index (χ2v) is 8.14. The minimum atomic E-state index is -0.0753. The summed E-state index contributed by atoms with van der Waals surface area (Å²) in [5, 5.41) is 6.38. The lowest BCUT2D eigenvalue weighted by molar-refractivity contribution is -0.128. The predicted octanol–water partition coefficient (Wildman–Crippen LogP) is 4.55. The molecule has 2 aromatic carbocycles. The number of thioether (sulfide) groups is 1. The van der Waals surface area contributed by atoms with Crippen LogP contribution in [0.3, 0.4) is 0 Å². The molecule has 0 bridgehead atoms. The molecule has 7 heteroatoms. The molecular weight excluding hydrogens is 412 g/mol. The topological polar surface area (TPSA) is 84.5 Å². The number of nitrogens with one attached hydrogen (secondary N) is 2. The van der Waals surface area contributed by atoms with Crippen LogP contribution in [0.2, 0.25) is 0 Å². The van der Waals surface area contributed by atoms with Crippen molar-refractivity contribution in [2.45, 2.75) is 47.1 Å². The zero-order chi connectivity index (χ0) is 23.2. The summed E-state index contributed by atoms with van der Waals surface area (Å²) >= 11 is 1.26. The van der Waals surface area contributed by atoms with Gasteiger partial charge in [-0.15, -0.1) is 0 Å². The molecular formula is C24H32N2O4S. The fourth-order valence-corrected chi connectivity index (χ4v) is 3.60. The first-order valence-electron chi connectivity index (χ1n) is 10.2. The fraction of sp³-hybridized carbons (Fsp3) is 0.375. The van der Waals surface area contributed by atoms with Gasteiger partial charge in [0.25, 0.3) is 6.47 Å². The van der Waals surface area contributed by atoms with Gasteiger partial charge in [0.05, 0.1) is 6.61 Å². The van der Waals surface area contributed by atoms with Gasteiger partial charge >= 0.3 is 0 Å². The van der Waals surface area contributed by atoms with E-state index in [4.69, 9.17) is 0 Å². The number of carbonyl (C=O) groups is 3. The number of anilines is 2. The van der Waals surface area contributed by atoms with E-state index in [1.165, 1.54) is 29.8 Å². The first-order valence-corrected chi connectivity index (χ1v) is 11.2. The van der Waals surface area contributed by atoms with Crippen LogP contribution < -0.4 is 10.6 Å². The number of benzene rings is 2. The highest BCUT2D eigenvalue weighted by Crippen LogP contribution is 2.27. The second kappa shape index (κ2) is 14.2. The SMILES string of the molecule is CC(=O)NC(C)CSC(=O)Cc1ccccc1Nc1c(C)cccc1C.CCOC=O. The summed E-state index contributed by atoms with van der Waals surface area (Å²) in [6, 6.07) is 14.1. The summed E-state index contributed by atoms with van der Waals surface area (Å²) in [6.07, 6.45) is 0.353. The number of para-hydroxylation sites is 2. The number of amides is 1. The van der Waals surface area contributed by atoms with Crippen molar-refractivity contribution in [3.05, 3.63) is 59.2 Å². The maximum atomic E-state index is 12.4. The molecule has 1 amide bonds. The molecule has 2 aromatic rings. The quantitative estimate of drug-likeness (QED) is 0.552. The van der Waals surface area contributed by atoms with Crippen LogP contribution in [0.5, 0.6) is 0 Å². The van der Waals surface area contributed by atoms with E-state index in [-0.39, 0.29) is 17.1 Å². The lowest BCUT2D eigenvalue weighted by Gasteiger charge is -2.16. The highest BCUT2D eigenvalue weighted by molar-refractivity contribution is 8.13. The number of carbonyl (C=O) groups excluding carboxylic acids is 3. The molecule has 0 aliphatic rings. The van der Waals surface area contributed by atoms with Crippen LogP contribution in [0.25, 0.3) is 0 Å². The highest BCUT2D eigenvalue weighted by Gasteiger charge is 2.12. The van der Waals surface area contributed by atoms with Crippen molar-refractivity contribution in [1.29, 1.82) is 0 Å². The zero-order valence-electron chi connectivity index (χ0n) is 18.9. The largest absolute Gasteiger partial charge is 0.468 e. The van der Waals surface area contributed by atoms with E-state index in [9.17, 15) is 14.4 Å². The summed E-state index contributed by atoms with van der Waals surface area (Å²) in [4.78, 5) is 32.6. The lowest BCUT2D eigenvalue weighted by atomic mass is 10.1. The molecule has 0 radical (unpaired) electrons. The fourth-order valence-electron chi connectivity index (χ4n) is 2.82. The molecule has 0 saturated carbocycles. The van der Waals surface area contributed by atoms with Gasteiger partial charge < -0.3 is 15.4 Å². The standard InChI is InChI=1S/C21H26N2O2S.C3H6O2/c1-14-8-7-9-15(2)21(14)23-19-11-6-5-10-18(19)12-20(25)26-13-16(3)22-17(4)24;1-2-5-3-4/h5-11,16,23H,12-13H2,1-4H3,(H,22,24);3H,2H2,1H3. The maximum absolute atomic E-state index is 12.4. The van der Waals surface area contributed by atoms with Gasteiger partial charge in [-0.1, -0.05) is 48.2 Å². The third-order valence-corrected chi connectivity index (χ3v) is 5.40. The lowest BCUT2D eigenvalue weighted by Crippen LogP contribution is -2.32. The van der Waals surface area contributed by atoms with Crippen molar-refractivity contribution in [2.24, 2.45) is 0 Å². The minimum absolute atomic E-state index is 0.0237. The predicted molar refractivity (Wildman–Crippen MR) is 128 cm³/mol. The van der Waals surface area contributed by atoms with Crippen LogP contribution in [0.4, 0.5) is 11.4 Å². The summed E-state index contributed by atoms with van der Waals surface area (Å²) in [6.45, 7) is 10.2. The first-order chi connectivity index (χ1) is 14.8. The number of hydrogen-bond acceptors (Lipinski definition) is 6. The van der Waals surface area contributed by atoms with Gasteiger partial charge in [-0.25, -0.2) is 0 Å². The number of ether oxygens (including phenoxy) is 1. The van der Waals surface area contributed by atoms with Crippen LogP contribution in [0.1, 0.15) is 37.5 Å². The maximum Gasteiger partial charge on any atom is 0.293 e. The molecule has 0 aromatic heterocycles. The minimum Gasteiger partial charge on any atom is -0.468 e. The molecule has 0 aliphatic heterocycles.